The number of carbonyl (C=O) groups is 1. The maximum Gasteiger partial charge on any atom is 0.335 e. The molecule has 2 rings (SSSR count). The summed E-state index contributed by atoms with van der Waals surface area (Å²) in [5.74, 6) is 0.301. The Morgan fingerprint density at radius 2 is 2.10 bits per heavy atom. The van der Waals surface area contributed by atoms with E-state index >= 15 is 0 Å². The number of carboxylic acid groups (broad SMARTS) is 1. The molecule has 21 heavy (non-hydrogen) atoms. The van der Waals surface area contributed by atoms with Crippen molar-refractivity contribution in [3.8, 4) is 5.75 Å². The Labute approximate surface area is 131 Å². The summed E-state index contributed by atoms with van der Waals surface area (Å²) in [5, 5.41) is 9.43. The molecule has 0 aliphatic heterocycles. The molecule has 2 aromatic rings. The first kappa shape index (κ1) is 15.5. The number of benzene rings is 2. The number of thioether (sulfide) groups is 1. The van der Waals surface area contributed by atoms with E-state index in [0.29, 0.717) is 23.1 Å². The molecule has 0 atom stereocenters. The van der Waals surface area contributed by atoms with Crippen LogP contribution < -0.4 is 10.5 Å². The van der Waals surface area contributed by atoms with Crippen LogP contribution in [0.15, 0.2) is 47.4 Å². The molecule has 0 radical (unpaired) electrons. The summed E-state index contributed by atoms with van der Waals surface area (Å²) < 4.78 is 5.53. The van der Waals surface area contributed by atoms with E-state index in [1.54, 1.807) is 30.0 Å². The first-order valence-corrected chi connectivity index (χ1v) is 7.56. The summed E-state index contributed by atoms with van der Waals surface area (Å²) in [7, 11) is 0. The lowest BCUT2D eigenvalue weighted by Crippen LogP contribution is -2.02. The second-order valence-corrected chi connectivity index (χ2v) is 5.79. The Morgan fingerprint density at radius 1 is 1.29 bits per heavy atom. The molecule has 0 aliphatic carbocycles. The highest BCUT2D eigenvalue weighted by Crippen LogP contribution is 2.26. The second-order valence-electron chi connectivity index (χ2n) is 4.21. The van der Waals surface area contributed by atoms with Crippen LogP contribution in [0.5, 0.6) is 5.75 Å². The van der Waals surface area contributed by atoms with Gasteiger partial charge in [-0.2, -0.15) is 0 Å². The Balaban J connectivity index is 1.83. The van der Waals surface area contributed by atoms with Crippen molar-refractivity contribution in [2.45, 2.75) is 4.90 Å². The number of ether oxygens (including phenoxy) is 1. The minimum absolute atomic E-state index is 0.213. The predicted molar refractivity (Wildman–Crippen MR) is 85.5 cm³/mol. The average Bonchev–Trinajstić information content (AvgIpc) is 2.47. The normalized spacial score (nSPS) is 10.3. The van der Waals surface area contributed by atoms with Gasteiger partial charge in [-0.05, 0) is 36.4 Å². The largest absolute Gasteiger partial charge is 0.493 e. The number of hydrogen-bond acceptors (Lipinski definition) is 4. The van der Waals surface area contributed by atoms with Crippen LogP contribution in [0.3, 0.4) is 0 Å². The zero-order valence-corrected chi connectivity index (χ0v) is 12.7. The Bertz CT molecular complexity index is 649. The van der Waals surface area contributed by atoms with Gasteiger partial charge in [-0.25, -0.2) is 4.79 Å². The molecule has 0 spiro atoms. The molecule has 0 bridgehead atoms. The molecule has 2 aromatic carbocycles. The summed E-state index contributed by atoms with van der Waals surface area (Å²) >= 11 is 7.54. The topological polar surface area (TPSA) is 72.5 Å². The van der Waals surface area contributed by atoms with E-state index in [2.05, 4.69) is 0 Å². The highest BCUT2D eigenvalue weighted by atomic mass is 35.5. The number of hydrogen-bond donors (Lipinski definition) is 2. The molecule has 0 amide bonds. The maximum atomic E-state index is 10.8. The van der Waals surface area contributed by atoms with Gasteiger partial charge in [0.2, 0.25) is 0 Å². The van der Waals surface area contributed by atoms with Gasteiger partial charge in [0.15, 0.2) is 0 Å². The SMILES string of the molecule is Nc1ccc(SCCOc2cccc(C(=O)O)c2)cc1Cl. The van der Waals surface area contributed by atoms with Gasteiger partial charge >= 0.3 is 5.97 Å². The van der Waals surface area contributed by atoms with Gasteiger partial charge in [0, 0.05) is 10.6 Å². The number of carboxylic acids is 1. The van der Waals surface area contributed by atoms with Crippen molar-refractivity contribution in [1.82, 2.24) is 0 Å². The average molecular weight is 324 g/mol. The fourth-order valence-electron chi connectivity index (χ4n) is 1.64. The fourth-order valence-corrected chi connectivity index (χ4v) is 2.65. The first-order chi connectivity index (χ1) is 10.1. The molecule has 0 aromatic heterocycles. The zero-order valence-electron chi connectivity index (χ0n) is 11.1. The van der Waals surface area contributed by atoms with Crippen LogP contribution >= 0.6 is 23.4 Å². The number of rotatable bonds is 6. The highest BCUT2D eigenvalue weighted by molar-refractivity contribution is 7.99. The molecule has 0 fully saturated rings. The first-order valence-electron chi connectivity index (χ1n) is 6.20. The van der Waals surface area contributed by atoms with Gasteiger partial charge in [-0.1, -0.05) is 17.7 Å². The molecular weight excluding hydrogens is 310 g/mol. The van der Waals surface area contributed by atoms with Crippen LogP contribution in [-0.2, 0) is 0 Å². The van der Waals surface area contributed by atoms with Gasteiger partial charge in [0.1, 0.15) is 5.75 Å². The van der Waals surface area contributed by atoms with E-state index in [0.717, 1.165) is 10.6 Å². The monoisotopic (exact) mass is 323 g/mol. The summed E-state index contributed by atoms with van der Waals surface area (Å²) in [4.78, 5) is 11.9. The van der Waals surface area contributed by atoms with E-state index in [4.69, 9.17) is 27.2 Å². The molecule has 4 nitrogen and oxygen atoms in total. The van der Waals surface area contributed by atoms with Crippen LogP contribution in [-0.4, -0.2) is 23.4 Å². The number of halogens is 1. The van der Waals surface area contributed by atoms with Crippen molar-refractivity contribution in [2.75, 3.05) is 18.1 Å². The molecule has 0 unspecified atom stereocenters. The van der Waals surface area contributed by atoms with Gasteiger partial charge < -0.3 is 15.6 Å². The number of nitrogen functional groups attached to an aromatic ring is 1. The lowest BCUT2D eigenvalue weighted by Gasteiger charge is -2.07. The van der Waals surface area contributed by atoms with Crippen LogP contribution in [0.4, 0.5) is 5.69 Å². The maximum absolute atomic E-state index is 10.8. The third-order valence-corrected chi connectivity index (χ3v) is 3.96. The smallest absolute Gasteiger partial charge is 0.335 e. The van der Waals surface area contributed by atoms with E-state index in [1.807, 2.05) is 12.1 Å². The van der Waals surface area contributed by atoms with Crippen molar-refractivity contribution in [2.24, 2.45) is 0 Å². The third kappa shape index (κ3) is 4.58. The molecule has 3 N–H and O–H groups in total. The lowest BCUT2D eigenvalue weighted by atomic mass is 10.2. The van der Waals surface area contributed by atoms with Crippen molar-refractivity contribution < 1.29 is 14.6 Å². The van der Waals surface area contributed by atoms with Crippen LogP contribution in [0.1, 0.15) is 10.4 Å². The van der Waals surface area contributed by atoms with Crippen LogP contribution in [0.2, 0.25) is 5.02 Å². The van der Waals surface area contributed by atoms with Crippen LogP contribution in [0.25, 0.3) is 0 Å². The van der Waals surface area contributed by atoms with Crippen molar-refractivity contribution >= 4 is 35.0 Å². The van der Waals surface area contributed by atoms with Crippen LogP contribution in [0, 0.1) is 0 Å². The Morgan fingerprint density at radius 3 is 2.81 bits per heavy atom. The number of nitrogens with two attached hydrogens (primary N) is 1. The quantitative estimate of drug-likeness (QED) is 0.480. The molecule has 6 heteroatoms. The number of aromatic carboxylic acids is 1. The molecule has 110 valence electrons. The minimum Gasteiger partial charge on any atom is -0.493 e. The lowest BCUT2D eigenvalue weighted by molar-refractivity contribution is 0.0696. The van der Waals surface area contributed by atoms with Gasteiger partial charge in [0.05, 0.1) is 22.9 Å². The zero-order chi connectivity index (χ0) is 15.2. The summed E-state index contributed by atoms with van der Waals surface area (Å²) in [6.07, 6.45) is 0. The second kappa shape index (κ2) is 7.24. The van der Waals surface area contributed by atoms with Gasteiger partial charge in [-0.15, -0.1) is 11.8 Å². The fraction of sp³-hybridized carbons (Fsp3) is 0.133. The summed E-state index contributed by atoms with van der Waals surface area (Å²) in [6.45, 7) is 0.468. The van der Waals surface area contributed by atoms with E-state index in [9.17, 15) is 4.79 Å². The van der Waals surface area contributed by atoms with E-state index in [-0.39, 0.29) is 5.56 Å². The van der Waals surface area contributed by atoms with E-state index in [1.165, 1.54) is 12.1 Å². The van der Waals surface area contributed by atoms with Crippen molar-refractivity contribution in [3.05, 3.63) is 53.1 Å². The molecule has 0 saturated heterocycles. The predicted octanol–water partition coefficient (Wildman–Crippen LogP) is 3.79. The standard InChI is InChI=1S/C15H14ClNO3S/c16-13-9-12(4-5-14(13)17)21-7-6-20-11-3-1-2-10(8-11)15(18)19/h1-5,8-9H,6-7,17H2,(H,18,19). The summed E-state index contributed by atoms with van der Waals surface area (Å²) in [5.41, 5.74) is 6.42. The summed E-state index contributed by atoms with van der Waals surface area (Å²) in [6, 6.07) is 11.9. The Hall–Kier alpha value is -1.85. The van der Waals surface area contributed by atoms with Crippen molar-refractivity contribution in [3.63, 3.8) is 0 Å². The minimum atomic E-state index is -0.966. The van der Waals surface area contributed by atoms with Gasteiger partial charge in [-0.3, -0.25) is 0 Å². The third-order valence-electron chi connectivity index (χ3n) is 2.67. The molecular formula is C15H14ClNO3S. The van der Waals surface area contributed by atoms with Crippen molar-refractivity contribution in [1.29, 1.82) is 0 Å². The molecule has 0 saturated carbocycles. The van der Waals surface area contributed by atoms with Gasteiger partial charge in [0.25, 0.3) is 0 Å². The Kier molecular flexibility index (Phi) is 5.36. The van der Waals surface area contributed by atoms with E-state index < -0.39 is 5.97 Å². The number of anilines is 1. The highest BCUT2D eigenvalue weighted by Gasteiger charge is 2.04. The molecule has 0 aliphatic rings. The molecule has 0 heterocycles.